The Morgan fingerprint density at radius 1 is 1.23 bits per heavy atom. The highest BCUT2D eigenvalue weighted by atomic mass is 31.0. The van der Waals surface area contributed by atoms with Crippen molar-refractivity contribution in [3.63, 3.8) is 0 Å². The van der Waals surface area contributed by atoms with Gasteiger partial charge in [-0.3, -0.25) is 14.4 Å². The second-order valence-corrected chi connectivity index (χ2v) is 7.69. The number of methoxy groups -OCH3 is 2. The van der Waals surface area contributed by atoms with Gasteiger partial charge in [0, 0.05) is 12.7 Å². The number of hydrogen-bond donors (Lipinski definition) is 2. The number of hydrogen-bond acceptors (Lipinski definition) is 6. The van der Waals surface area contributed by atoms with Gasteiger partial charge >= 0.3 is 5.97 Å². The van der Waals surface area contributed by atoms with Crippen molar-refractivity contribution in [2.75, 3.05) is 27.4 Å². The molecule has 0 aliphatic rings. The van der Waals surface area contributed by atoms with Gasteiger partial charge in [-0.1, -0.05) is 32.1 Å². The zero-order chi connectivity index (χ0) is 22.5. The lowest BCUT2D eigenvalue weighted by Crippen LogP contribution is -2.44. The number of rotatable bonds is 12. The number of carbonyl (C=O) groups excluding carboxylic acids is 3. The first-order valence-corrected chi connectivity index (χ1v) is 10.3. The molecule has 2 N–H and O–H groups in total. The van der Waals surface area contributed by atoms with Gasteiger partial charge in [0.1, 0.15) is 5.76 Å². The van der Waals surface area contributed by atoms with E-state index < -0.39 is 23.8 Å². The Hall–Kier alpha value is -2.44. The van der Waals surface area contributed by atoms with E-state index in [1.54, 1.807) is 12.1 Å². The quantitative estimate of drug-likeness (QED) is 0.295. The molecule has 0 radical (unpaired) electrons. The van der Waals surface area contributed by atoms with Gasteiger partial charge in [-0.2, -0.15) is 0 Å². The maximum atomic E-state index is 12.3. The molecule has 30 heavy (non-hydrogen) atoms. The van der Waals surface area contributed by atoms with E-state index in [1.165, 1.54) is 14.2 Å². The summed E-state index contributed by atoms with van der Waals surface area (Å²) in [6.07, 6.45) is 6.83. The van der Waals surface area contributed by atoms with Crippen molar-refractivity contribution in [1.29, 1.82) is 0 Å². The topological polar surface area (TPSA) is 107 Å². The largest absolute Gasteiger partial charge is 0.469 e. The molecule has 0 aliphatic heterocycles. The van der Waals surface area contributed by atoms with Gasteiger partial charge in [0.2, 0.25) is 5.91 Å². The third kappa shape index (κ3) is 9.37. The average molecular weight is 438 g/mol. The van der Waals surface area contributed by atoms with Crippen molar-refractivity contribution in [3.05, 3.63) is 41.9 Å². The monoisotopic (exact) mass is 438 g/mol. The Kier molecular flexibility index (Phi) is 11.7. The standard InChI is InChI=1S/C21H31N2O6P/c1-5-6-7-15(10-14(2)30)17-8-9-18(29-17)21(26)22-12-19(24)23-16(13-27-3)11-20(25)28-4/h6-10,14,16H,5,11-13,30H2,1-4H3,(H,22,26)(H,23,24)/b7-6-,15-10+/t14?,16-/m0/s1. The predicted octanol–water partition coefficient (Wildman–Crippen LogP) is 2.32. The van der Waals surface area contributed by atoms with Crippen LogP contribution in [0.2, 0.25) is 0 Å². The Balaban J connectivity index is 2.69. The van der Waals surface area contributed by atoms with Crippen LogP contribution in [0, 0.1) is 0 Å². The summed E-state index contributed by atoms with van der Waals surface area (Å²) in [4.78, 5) is 35.8. The van der Waals surface area contributed by atoms with Crippen LogP contribution < -0.4 is 10.6 Å². The predicted molar refractivity (Wildman–Crippen MR) is 118 cm³/mol. The van der Waals surface area contributed by atoms with Crippen LogP contribution in [0.25, 0.3) is 5.57 Å². The Morgan fingerprint density at radius 2 is 1.93 bits per heavy atom. The van der Waals surface area contributed by atoms with E-state index in [9.17, 15) is 14.4 Å². The van der Waals surface area contributed by atoms with Gasteiger partial charge in [0.15, 0.2) is 5.76 Å². The highest BCUT2D eigenvalue weighted by molar-refractivity contribution is 7.17. The lowest BCUT2D eigenvalue weighted by atomic mass is 10.1. The highest BCUT2D eigenvalue weighted by Gasteiger charge is 2.18. The Labute approximate surface area is 179 Å². The molecule has 2 amide bonds. The minimum absolute atomic E-state index is 0.0277. The van der Waals surface area contributed by atoms with Crippen LogP contribution in [0.3, 0.4) is 0 Å². The van der Waals surface area contributed by atoms with Crippen LogP contribution in [0.4, 0.5) is 0 Å². The molecule has 2 unspecified atom stereocenters. The van der Waals surface area contributed by atoms with Gasteiger partial charge in [0.05, 0.1) is 32.7 Å². The number of esters is 1. The van der Waals surface area contributed by atoms with Crippen molar-refractivity contribution in [3.8, 4) is 0 Å². The second-order valence-electron chi connectivity index (χ2n) is 6.64. The summed E-state index contributed by atoms with van der Waals surface area (Å²) in [5.74, 6) is -0.755. The number of amides is 2. The van der Waals surface area contributed by atoms with E-state index in [1.807, 2.05) is 32.1 Å². The maximum Gasteiger partial charge on any atom is 0.307 e. The summed E-state index contributed by atoms with van der Waals surface area (Å²) in [6, 6.07) is 2.74. The number of carbonyl (C=O) groups is 3. The maximum absolute atomic E-state index is 12.3. The van der Waals surface area contributed by atoms with Crippen molar-refractivity contribution in [1.82, 2.24) is 10.6 Å². The van der Waals surface area contributed by atoms with Crippen LogP contribution in [-0.2, 0) is 19.1 Å². The lowest BCUT2D eigenvalue weighted by molar-refractivity contribution is -0.141. The van der Waals surface area contributed by atoms with Crippen molar-refractivity contribution < 1.29 is 28.3 Å². The molecule has 1 aromatic rings. The molecule has 0 saturated carbocycles. The van der Waals surface area contributed by atoms with Gasteiger partial charge in [-0.25, -0.2) is 0 Å². The normalized spacial score (nSPS) is 13.7. The Bertz CT molecular complexity index is 769. The van der Waals surface area contributed by atoms with E-state index >= 15 is 0 Å². The molecule has 1 aromatic heterocycles. The summed E-state index contributed by atoms with van der Waals surface area (Å²) in [5.41, 5.74) is 1.11. The SMILES string of the molecule is CC/C=C\C(=C/C(C)P)c1ccc(C(=O)NCC(=O)N[C@H](COC)CC(=O)OC)o1. The van der Waals surface area contributed by atoms with Gasteiger partial charge in [-0.05, 0) is 24.2 Å². The van der Waals surface area contributed by atoms with Crippen molar-refractivity contribution in [2.45, 2.75) is 38.4 Å². The molecule has 9 heteroatoms. The molecule has 0 aliphatic carbocycles. The van der Waals surface area contributed by atoms with Gasteiger partial charge in [0.25, 0.3) is 5.91 Å². The zero-order valence-corrected chi connectivity index (χ0v) is 19.1. The highest BCUT2D eigenvalue weighted by Crippen LogP contribution is 2.21. The summed E-state index contributed by atoms with van der Waals surface area (Å²) in [5, 5.41) is 5.13. The number of ether oxygens (including phenoxy) is 2. The molecule has 1 heterocycles. The average Bonchev–Trinajstić information content (AvgIpc) is 3.19. The summed E-state index contributed by atoms with van der Waals surface area (Å²) in [7, 11) is 5.42. The lowest BCUT2D eigenvalue weighted by Gasteiger charge is -2.16. The molecule has 8 nitrogen and oxygen atoms in total. The van der Waals surface area contributed by atoms with Gasteiger partial charge < -0.3 is 24.5 Å². The van der Waals surface area contributed by atoms with Crippen molar-refractivity contribution in [2.24, 2.45) is 0 Å². The van der Waals surface area contributed by atoms with Crippen LogP contribution >= 0.6 is 9.24 Å². The van der Waals surface area contributed by atoms with E-state index in [4.69, 9.17) is 9.15 Å². The molecule has 0 saturated heterocycles. The first-order chi connectivity index (χ1) is 14.3. The molecule has 3 atom stereocenters. The van der Waals surface area contributed by atoms with Crippen LogP contribution in [0.1, 0.15) is 43.0 Å². The van der Waals surface area contributed by atoms with Crippen molar-refractivity contribution >= 4 is 32.6 Å². The first kappa shape index (κ1) is 25.6. The van der Waals surface area contributed by atoms with Crippen LogP contribution in [-0.4, -0.2) is 56.9 Å². The smallest absolute Gasteiger partial charge is 0.307 e. The Morgan fingerprint density at radius 3 is 2.53 bits per heavy atom. The third-order valence-corrected chi connectivity index (χ3v) is 4.07. The molecular formula is C21H31N2O6P. The zero-order valence-electron chi connectivity index (χ0n) is 17.9. The summed E-state index contributed by atoms with van der Waals surface area (Å²) >= 11 is 0. The minimum atomic E-state index is -0.547. The van der Waals surface area contributed by atoms with E-state index in [0.29, 0.717) is 5.76 Å². The van der Waals surface area contributed by atoms with Gasteiger partial charge in [-0.15, -0.1) is 9.24 Å². The molecule has 0 fully saturated rings. The summed E-state index contributed by atoms with van der Waals surface area (Å²) in [6.45, 7) is 3.94. The fourth-order valence-electron chi connectivity index (χ4n) is 2.53. The van der Waals surface area contributed by atoms with Crippen LogP contribution in [0.15, 0.2) is 34.8 Å². The van der Waals surface area contributed by atoms with E-state index in [0.717, 1.165) is 12.0 Å². The molecule has 0 aromatic carbocycles. The van der Waals surface area contributed by atoms with E-state index in [2.05, 4.69) is 24.6 Å². The first-order valence-electron chi connectivity index (χ1n) is 9.68. The third-order valence-electron chi connectivity index (χ3n) is 3.87. The number of nitrogens with one attached hydrogen (secondary N) is 2. The molecule has 0 spiro atoms. The minimum Gasteiger partial charge on any atom is -0.469 e. The number of allylic oxidation sites excluding steroid dienone is 4. The molecule has 166 valence electrons. The summed E-state index contributed by atoms with van der Waals surface area (Å²) < 4.78 is 15.3. The second kappa shape index (κ2) is 13.7. The molecule has 1 rings (SSSR count). The molecular weight excluding hydrogens is 407 g/mol. The van der Waals surface area contributed by atoms with Crippen LogP contribution in [0.5, 0.6) is 0 Å². The van der Waals surface area contributed by atoms with E-state index in [-0.39, 0.29) is 31.0 Å². The molecule has 0 bridgehead atoms. The fraction of sp³-hybridized carbons (Fsp3) is 0.476. The fourth-order valence-corrected chi connectivity index (χ4v) is 2.73. The number of furan rings is 1.